The lowest BCUT2D eigenvalue weighted by molar-refractivity contribution is -0.121. The molecule has 0 aliphatic rings. The molecule has 7 heteroatoms. The zero-order chi connectivity index (χ0) is 14.9. The maximum absolute atomic E-state index is 11.5. The lowest BCUT2D eigenvalue weighted by atomic mass is 10.3. The second-order valence-electron chi connectivity index (χ2n) is 4.84. The van der Waals surface area contributed by atoms with Crippen molar-refractivity contribution < 1.29 is 23.3 Å². The molecule has 0 aromatic heterocycles. The Labute approximate surface area is 142 Å². The van der Waals surface area contributed by atoms with Gasteiger partial charge in [-0.2, -0.15) is 11.8 Å². The van der Waals surface area contributed by atoms with Gasteiger partial charge in [0, 0.05) is 29.0 Å². The summed E-state index contributed by atoms with van der Waals surface area (Å²) in [7, 11) is 1.99. The summed E-state index contributed by atoms with van der Waals surface area (Å²) >= 11 is 2.00. The van der Waals surface area contributed by atoms with Crippen LogP contribution in [-0.2, 0) is 9.53 Å². The van der Waals surface area contributed by atoms with Gasteiger partial charge in [-0.05, 0) is 57.2 Å². The summed E-state index contributed by atoms with van der Waals surface area (Å²) in [6, 6.07) is 0. The summed E-state index contributed by atoms with van der Waals surface area (Å²) in [5.74, 6) is 2.59. The van der Waals surface area contributed by atoms with E-state index in [0.717, 1.165) is 39.0 Å². The van der Waals surface area contributed by atoms with E-state index in [9.17, 15) is 4.79 Å². The highest BCUT2D eigenvalue weighted by Gasteiger charge is 2.00. The van der Waals surface area contributed by atoms with Gasteiger partial charge in [0.25, 0.3) is 0 Å². The molecule has 0 saturated heterocycles. The predicted octanol–water partition coefficient (Wildman–Crippen LogP) is 1.27. The van der Waals surface area contributed by atoms with Crippen LogP contribution in [-0.4, -0.2) is 61.7 Å². The van der Waals surface area contributed by atoms with Crippen LogP contribution in [0.25, 0.3) is 0 Å². The number of unbranched alkanes of at least 4 members (excludes halogenated alkanes) is 1. The van der Waals surface area contributed by atoms with Crippen molar-refractivity contribution in [1.82, 2.24) is 10.6 Å². The lowest BCUT2D eigenvalue weighted by Crippen LogP contribution is -2.24. The van der Waals surface area contributed by atoms with Gasteiger partial charge in [-0.15, -0.1) is 0 Å². The molecule has 0 unspecified atom stereocenters. The van der Waals surface area contributed by atoms with Gasteiger partial charge >= 0.3 is 0 Å². The number of carbonyl (C=O) groups excluding carboxylic acids is 1. The Morgan fingerprint density at radius 3 is 2.45 bits per heavy atom. The third-order valence-corrected chi connectivity index (χ3v) is 3.95. The monoisotopic (exact) mass is 344 g/mol. The molecule has 0 bridgehead atoms. The highest BCUT2D eigenvalue weighted by Crippen LogP contribution is 2.05. The van der Waals surface area contributed by atoms with E-state index >= 15 is 0 Å². The van der Waals surface area contributed by atoms with Crippen molar-refractivity contribution in [1.29, 1.82) is 0 Å². The fourth-order valence-corrected chi connectivity index (χ4v) is 2.64. The molecule has 0 atom stereocenters. The topological polar surface area (TPSA) is 113 Å². The van der Waals surface area contributed by atoms with E-state index in [2.05, 4.69) is 17.6 Å². The van der Waals surface area contributed by atoms with E-state index in [1.54, 1.807) is 0 Å². The van der Waals surface area contributed by atoms with Crippen molar-refractivity contribution in [3.8, 4) is 0 Å². The van der Waals surface area contributed by atoms with E-state index in [1.165, 1.54) is 24.3 Å². The number of thioether (sulfide) groups is 1. The summed E-state index contributed by atoms with van der Waals surface area (Å²) in [6.45, 7) is 5.50. The first-order valence-electron chi connectivity index (χ1n) is 7.88. The Morgan fingerprint density at radius 1 is 1.05 bits per heavy atom. The molecular formula is C15H40N2O4S. The normalized spacial score (nSPS) is 9.73. The van der Waals surface area contributed by atoms with Gasteiger partial charge in [0.2, 0.25) is 5.91 Å². The van der Waals surface area contributed by atoms with Crippen molar-refractivity contribution in [3.05, 3.63) is 0 Å². The van der Waals surface area contributed by atoms with Crippen LogP contribution in [0.3, 0.4) is 0 Å². The van der Waals surface area contributed by atoms with Crippen molar-refractivity contribution >= 4 is 17.7 Å². The van der Waals surface area contributed by atoms with Gasteiger partial charge in [-0.1, -0.05) is 6.92 Å². The zero-order valence-corrected chi connectivity index (χ0v) is 15.0. The molecule has 6 nitrogen and oxygen atoms in total. The second-order valence-corrected chi connectivity index (χ2v) is 6.07. The molecule has 6 N–H and O–H groups in total. The number of ether oxygens (including phenoxy) is 1. The Hall–Kier alpha value is -0.340. The Balaban J connectivity index is -0.000000301. The molecule has 0 saturated carbocycles. The average molecular weight is 345 g/mol. The molecule has 0 rings (SSSR count). The lowest BCUT2D eigenvalue weighted by Gasteiger charge is -2.06. The van der Waals surface area contributed by atoms with Gasteiger partial charge in [0.1, 0.15) is 0 Å². The summed E-state index contributed by atoms with van der Waals surface area (Å²) in [5.41, 5.74) is 0. The molecule has 0 aliphatic heterocycles. The molecule has 0 aliphatic carbocycles. The summed E-state index contributed by atoms with van der Waals surface area (Å²) < 4.78 is 5.34. The number of hydrogen-bond donors (Lipinski definition) is 2. The van der Waals surface area contributed by atoms with Crippen LogP contribution >= 0.6 is 11.8 Å². The van der Waals surface area contributed by atoms with Gasteiger partial charge in [0.05, 0.1) is 0 Å². The van der Waals surface area contributed by atoms with Crippen molar-refractivity contribution in [3.63, 3.8) is 0 Å². The molecule has 22 heavy (non-hydrogen) atoms. The van der Waals surface area contributed by atoms with Crippen molar-refractivity contribution in [2.75, 3.05) is 44.9 Å². The molecular weight excluding hydrogens is 304 g/mol. The molecule has 0 fully saturated rings. The Morgan fingerprint density at radius 2 is 1.77 bits per heavy atom. The van der Waals surface area contributed by atoms with Crippen LogP contribution in [0, 0.1) is 0 Å². The van der Waals surface area contributed by atoms with Crippen LogP contribution in [0.5, 0.6) is 0 Å². The van der Waals surface area contributed by atoms with E-state index in [-0.39, 0.29) is 19.7 Å². The smallest absolute Gasteiger partial charge is 0.220 e. The third-order valence-electron chi connectivity index (χ3n) is 2.79. The maximum atomic E-state index is 11.5. The van der Waals surface area contributed by atoms with Crippen LogP contribution < -0.4 is 10.6 Å². The summed E-state index contributed by atoms with van der Waals surface area (Å²) in [6.07, 6.45) is 5.95. The van der Waals surface area contributed by atoms with Crippen LogP contribution in [0.15, 0.2) is 0 Å². The largest absolute Gasteiger partial charge is 0.412 e. The van der Waals surface area contributed by atoms with Crippen LogP contribution in [0.1, 0.15) is 48.3 Å². The summed E-state index contributed by atoms with van der Waals surface area (Å²) in [4.78, 5) is 11.5. The van der Waals surface area contributed by atoms with Crippen molar-refractivity contribution in [2.45, 2.75) is 45.4 Å². The second kappa shape index (κ2) is 22.9. The number of rotatable bonds is 15. The Kier molecular flexibility index (Phi) is 27.7. The molecule has 0 radical (unpaired) electrons. The van der Waals surface area contributed by atoms with Crippen molar-refractivity contribution in [2.24, 2.45) is 0 Å². The first-order chi connectivity index (χ1) is 9.81. The molecule has 0 aromatic carbocycles. The fourth-order valence-electron chi connectivity index (χ4n) is 1.68. The number of hydrogen-bond acceptors (Lipinski definition) is 4. The van der Waals surface area contributed by atoms with Gasteiger partial charge in [-0.25, -0.2) is 0 Å². The van der Waals surface area contributed by atoms with E-state index in [0.29, 0.717) is 13.0 Å². The van der Waals surface area contributed by atoms with Gasteiger partial charge in [0.15, 0.2) is 0 Å². The molecule has 1 amide bonds. The number of amides is 1. The van der Waals surface area contributed by atoms with Crippen LogP contribution in [0.4, 0.5) is 0 Å². The van der Waals surface area contributed by atoms with Gasteiger partial charge in [-0.3, -0.25) is 4.79 Å². The minimum atomic E-state index is 0. The Bertz CT molecular complexity index is 232. The molecule has 0 spiro atoms. The van der Waals surface area contributed by atoms with E-state index in [4.69, 9.17) is 4.74 Å². The highest BCUT2D eigenvalue weighted by molar-refractivity contribution is 7.99. The number of carbonyl (C=O) groups is 1. The quantitative estimate of drug-likeness (QED) is 0.435. The van der Waals surface area contributed by atoms with E-state index < -0.39 is 0 Å². The highest BCUT2D eigenvalue weighted by atomic mass is 32.2. The third kappa shape index (κ3) is 21.9. The number of nitrogens with one attached hydrogen (secondary N) is 2. The zero-order valence-electron chi connectivity index (χ0n) is 14.2. The minimum Gasteiger partial charge on any atom is -0.412 e. The van der Waals surface area contributed by atoms with E-state index in [1.807, 2.05) is 18.8 Å². The summed E-state index contributed by atoms with van der Waals surface area (Å²) in [5, 5.41) is 6.12. The molecule has 0 aromatic rings. The average Bonchev–Trinajstić information content (AvgIpc) is 2.45. The van der Waals surface area contributed by atoms with Gasteiger partial charge < -0.3 is 26.3 Å². The maximum Gasteiger partial charge on any atom is 0.220 e. The molecule has 0 heterocycles. The first-order valence-corrected chi connectivity index (χ1v) is 9.03. The SMILES string of the molecule is CCCOCCCC(=O)NCCCCSCCCNC.O.O.[HH].[HH]. The fraction of sp³-hybridized carbons (Fsp3) is 0.933. The standard InChI is InChI=1S/C15H32N2O2S.2H2O.2H2/c1-3-11-19-12-6-8-15(18)17-10-4-5-13-20-14-7-9-16-2;;;;/h16H,3-14H2,1-2H3,(H,17,18);2*1H2;2*1H. The predicted molar refractivity (Wildman–Crippen MR) is 99.9 cm³/mol. The first kappa shape index (κ1) is 26.6. The molecule has 140 valence electrons. The van der Waals surface area contributed by atoms with Crippen LogP contribution in [0.2, 0.25) is 0 Å². The minimum absolute atomic E-state index is 0.